The number of piperidine rings is 1. The predicted molar refractivity (Wildman–Crippen MR) is 110 cm³/mol. The molecule has 4 rings (SSSR count). The van der Waals surface area contributed by atoms with Crippen molar-refractivity contribution < 1.29 is 4.79 Å². The molecule has 2 aromatic carbocycles. The van der Waals surface area contributed by atoms with Crippen LogP contribution in [0, 0.1) is 6.92 Å². The molecule has 1 heterocycles. The van der Waals surface area contributed by atoms with Crippen molar-refractivity contribution in [3.05, 3.63) is 70.8 Å². The van der Waals surface area contributed by atoms with E-state index in [9.17, 15) is 4.79 Å². The summed E-state index contributed by atoms with van der Waals surface area (Å²) in [6.07, 6.45) is 5.30. The van der Waals surface area contributed by atoms with Gasteiger partial charge in [0.25, 0.3) is 0 Å². The van der Waals surface area contributed by atoms with Crippen LogP contribution in [0.5, 0.6) is 0 Å². The fraction of sp³-hybridized carbons (Fsp3) is 0.458. The summed E-state index contributed by atoms with van der Waals surface area (Å²) in [5.41, 5.74) is 5.31. The smallest absolute Gasteiger partial charge is 0.227 e. The van der Waals surface area contributed by atoms with Crippen LogP contribution in [0.1, 0.15) is 53.9 Å². The van der Waals surface area contributed by atoms with E-state index >= 15 is 0 Å². The molecule has 1 N–H and O–H groups in total. The molecule has 0 aromatic heterocycles. The van der Waals surface area contributed by atoms with E-state index in [4.69, 9.17) is 0 Å². The fourth-order valence-corrected chi connectivity index (χ4v) is 4.63. The Labute approximate surface area is 162 Å². The molecule has 0 spiro atoms. The van der Waals surface area contributed by atoms with E-state index in [0.717, 1.165) is 51.7 Å². The van der Waals surface area contributed by atoms with Gasteiger partial charge in [-0.1, -0.05) is 54.1 Å². The number of carbonyl (C=O) groups excluding carboxylic acids is 1. The zero-order valence-corrected chi connectivity index (χ0v) is 16.3. The van der Waals surface area contributed by atoms with Crippen LogP contribution in [0.3, 0.4) is 0 Å². The van der Waals surface area contributed by atoms with Gasteiger partial charge in [0.2, 0.25) is 5.91 Å². The third-order valence-electron chi connectivity index (χ3n) is 6.11. The van der Waals surface area contributed by atoms with Gasteiger partial charge in [0.15, 0.2) is 0 Å². The van der Waals surface area contributed by atoms with Crippen molar-refractivity contribution >= 4 is 5.91 Å². The van der Waals surface area contributed by atoms with E-state index < -0.39 is 0 Å². The Morgan fingerprint density at radius 2 is 1.89 bits per heavy atom. The summed E-state index contributed by atoms with van der Waals surface area (Å²) in [6.45, 7) is 5.27. The van der Waals surface area contributed by atoms with Gasteiger partial charge >= 0.3 is 0 Å². The summed E-state index contributed by atoms with van der Waals surface area (Å²) >= 11 is 0. The Kier molecular flexibility index (Phi) is 5.58. The Bertz CT molecular complexity index is 792. The van der Waals surface area contributed by atoms with Crippen LogP contribution < -0.4 is 5.32 Å². The van der Waals surface area contributed by atoms with Gasteiger partial charge in [-0.15, -0.1) is 0 Å². The first kappa shape index (κ1) is 18.2. The minimum absolute atomic E-state index is 0.0419. The van der Waals surface area contributed by atoms with Gasteiger partial charge in [0.1, 0.15) is 0 Å². The van der Waals surface area contributed by atoms with E-state index in [1.807, 2.05) is 0 Å². The number of rotatable bonds is 4. The molecular formula is C24H30N2O. The summed E-state index contributed by atoms with van der Waals surface area (Å²) in [7, 11) is 0. The predicted octanol–water partition coefficient (Wildman–Crippen LogP) is 4.20. The number of fused-ring (bicyclic) bond motifs is 1. The summed E-state index contributed by atoms with van der Waals surface area (Å²) in [6, 6.07) is 17.6. The van der Waals surface area contributed by atoms with Crippen molar-refractivity contribution in [2.75, 3.05) is 13.1 Å². The minimum Gasteiger partial charge on any atom is -0.353 e. The minimum atomic E-state index is 0.0419. The average Bonchev–Trinajstić information content (AvgIpc) is 2.69. The van der Waals surface area contributed by atoms with Crippen molar-refractivity contribution in [2.24, 2.45) is 0 Å². The lowest BCUT2D eigenvalue weighted by molar-refractivity contribution is -0.123. The standard InChI is InChI=1S/C24H30N2O/c1-18-6-4-7-19(16-18)17-26-14-12-21(13-15-26)25-24(27)23-11-5-9-20-8-2-3-10-22(20)23/h2-4,6-8,10,16,21,23H,5,9,11-15,17H2,1H3,(H,25,27). The molecule has 1 unspecified atom stereocenters. The molecule has 1 amide bonds. The van der Waals surface area contributed by atoms with Crippen LogP contribution in [0.25, 0.3) is 0 Å². The normalized spacial score (nSPS) is 20.9. The topological polar surface area (TPSA) is 32.3 Å². The van der Waals surface area contributed by atoms with Gasteiger partial charge < -0.3 is 5.32 Å². The van der Waals surface area contributed by atoms with Crippen LogP contribution in [0.2, 0.25) is 0 Å². The largest absolute Gasteiger partial charge is 0.353 e. The first-order valence-corrected chi connectivity index (χ1v) is 10.3. The number of nitrogens with one attached hydrogen (secondary N) is 1. The summed E-state index contributed by atoms with van der Waals surface area (Å²) in [5.74, 6) is 0.277. The van der Waals surface area contributed by atoms with E-state index in [2.05, 4.69) is 65.7 Å². The molecular weight excluding hydrogens is 332 g/mol. The lowest BCUT2D eigenvalue weighted by Crippen LogP contribution is -2.46. The van der Waals surface area contributed by atoms with E-state index in [-0.39, 0.29) is 11.8 Å². The number of nitrogens with zero attached hydrogens (tertiary/aromatic N) is 1. The van der Waals surface area contributed by atoms with Crippen LogP contribution in [0.15, 0.2) is 48.5 Å². The number of carbonyl (C=O) groups is 1. The lowest BCUT2D eigenvalue weighted by atomic mass is 9.82. The Morgan fingerprint density at radius 1 is 1.07 bits per heavy atom. The van der Waals surface area contributed by atoms with Gasteiger partial charge in [-0.2, -0.15) is 0 Å². The Hall–Kier alpha value is -2.13. The molecule has 3 heteroatoms. The number of hydrogen-bond acceptors (Lipinski definition) is 2. The molecule has 0 radical (unpaired) electrons. The molecule has 1 aliphatic heterocycles. The molecule has 3 nitrogen and oxygen atoms in total. The van der Waals surface area contributed by atoms with Crippen LogP contribution >= 0.6 is 0 Å². The van der Waals surface area contributed by atoms with Crippen molar-refractivity contribution in [1.29, 1.82) is 0 Å². The summed E-state index contributed by atoms with van der Waals surface area (Å²) < 4.78 is 0. The van der Waals surface area contributed by atoms with Crippen LogP contribution in [-0.2, 0) is 17.8 Å². The molecule has 0 bridgehead atoms. The van der Waals surface area contributed by atoms with Crippen molar-refractivity contribution in [3.63, 3.8) is 0 Å². The second kappa shape index (κ2) is 8.26. The fourth-order valence-electron chi connectivity index (χ4n) is 4.63. The second-order valence-electron chi connectivity index (χ2n) is 8.19. The molecule has 1 aliphatic carbocycles. The highest BCUT2D eigenvalue weighted by Crippen LogP contribution is 2.31. The number of hydrogen-bond donors (Lipinski definition) is 1. The maximum Gasteiger partial charge on any atom is 0.227 e. The van der Waals surface area contributed by atoms with E-state index in [0.29, 0.717) is 6.04 Å². The van der Waals surface area contributed by atoms with Crippen LogP contribution in [0.4, 0.5) is 0 Å². The summed E-state index contributed by atoms with van der Waals surface area (Å²) in [5, 5.41) is 3.36. The Balaban J connectivity index is 1.30. The molecule has 0 saturated carbocycles. The van der Waals surface area contributed by atoms with Gasteiger partial charge in [-0.25, -0.2) is 0 Å². The lowest BCUT2D eigenvalue weighted by Gasteiger charge is -2.34. The monoisotopic (exact) mass is 362 g/mol. The van der Waals surface area contributed by atoms with Crippen molar-refractivity contribution in [1.82, 2.24) is 10.2 Å². The number of amides is 1. The van der Waals surface area contributed by atoms with Crippen molar-refractivity contribution in [2.45, 2.75) is 57.5 Å². The molecule has 1 atom stereocenters. The highest BCUT2D eigenvalue weighted by atomic mass is 16.1. The molecule has 2 aromatic rings. The molecule has 1 saturated heterocycles. The quantitative estimate of drug-likeness (QED) is 0.884. The SMILES string of the molecule is Cc1cccc(CN2CCC(NC(=O)C3CCCc4ccccc43)CC2)c1. The van der Waals surface area contributed by atoms with Gasteiger partial charge in [0, 0.05) is 25.7 Å². The van der Waals surface area contributed by atoms with E-state index in [1.54, 1.807) is 0 Å². The molecule has 142 valence electrons. The highest BCUT2D eigenvalue weighted by Gasteiger charge is 2.28. The first-order valence-electron chi connectivity index (χ1n) is 10.3. The average molecular weight is 363 g/mol. The van der Waals surface area contributed by atoms with Gasteiger partial charge in [0.05, 0.1) is 5.92 Å². The zero-order valence-electron chi connectivity index (χ0n) is 16.3. The number of aryl methyl sites for hydroxylation is 2. The van der Waals surface area contributed by atoms with Gasteiger partial charge in [-0.05, 0) is 55.7 Å². The van der Waals surface area contributed by atoms with Crippen molar-refractivity contribution in [3.8, 4) is 0 Å². The molecule has 1 fully saturated rings. The first-order chi connectivity index (χ1) is 13.2. The zero-order chi connectivity index (χ0) is 18.6. The van der Waals surface area contributed by atoms with Crippen LogP contribution in [-0.4, -0.2) is 29.9 Å². The third kappa shape index (κ3) is 4.41. The highest BCUT2D eigenvalue weighted by molar-refractivity contribution is 5.84. The maximum atomic E-state index is 12.9. The molecule has 2 aliphatic rings. The van der Waals surface area contributed by atoms with Gasteiger partial charge in [-0.3, -0.25) is 9.69 Å². The maximum absolute atomic E-state index is 12.9. The second-order valence-corrected chi connectivity index (χ2v) is 8.19. The summed E-state index contributed by atoms with van der Waals surface area (Å²) in [4.78, 5) is 15.4. The molecule has 27 heavy (non-hydrogen) atoms. The third-order valence-corrected chi connectivity index (χ3v) is 6.11. The number of likely N-dealkylation sites (tertiary alicyclic amines) is 1. The Morgan fingerprint density at radius 3 is 2.70 bits per heavy atom. The number of benzene rings is 2. The van der Waals surface area contributed by atoms with E-state index in [1.165, 1.54) is 22.3 Å².